The Balaban J connectivity index is 3.66. The molecule has 3 N–H and O–H groups in total. The molecule has 0 fully saturated rings. The smallest absolute Gasteiger partial charge is 0.237 e. The maximum absolute atomic E-state index is 11.6. The van der Waals surface area contributed by atoms with Gasteiger partial charge in [-0.15, -0.1) is 0 Å². The molecule has 0 aliphatic rings. The number of hydrogen-bond donors (Lipinski definition) is 2. The molecule has 4 nitrogen and oxygen atoms in total. The molecule has 0 aromatic rings. The summed E-state index contributed by atoms with van der Waals surface area (Å²) in [4.78, 5) is 13.8. The van der Waals surface area contributed by atoms with Gasteiger partial charge >= 0.3 is 0 Å². The van der Waals surface area contributed by atoms with Crippen LogP contribution in [0.5, 0.6) is 0 Å². The fraction of sp³-hybridized carbons (Fsp3) is 0.917. The summed E-state index contributed by atoms with van der Waals surface area (Å²) in [7, 11) is 4.10. The predicted octanol–water partition coefficient (Wildman–Crippen LogP) is 0.818. The third-order valence-corrected chi connectivity index (χ3v) is 2.55. The summed E-state index contributed by atoms with van der Waals surface area (Å²) >= 11 is 0. The molecule has 0 bridgehead atoms. The molecule has 96 valence electrons. The summed E-state index contributed by atoms with van der Waals surface area (Å²) in [5.41, 5.74) is 5.66. The number of nitrogens with one attached hydrogen (secondary N) is 1. The van der Waals surface area contributed by atoms with Gasteiger partial charge in [0.15, 0.2) is 0 Å². The van der Waals surface area contributed by atoms with Crippen molar-refractivity contribution in [3.63, 3.8) is 0 Å². The molecule has 0 saturated carbocycles. The summed E-state index contributed by atoms with van der Waals surface area (Å²) in [5, 5.41) is 2.88. The Morgan fingerprint density at radius 3 is 2.31 bits per heavy atom. The van der Waals surface area contributed by atoms with Crippen molar-refractivity contribution in [1.29, 1.82) is 0 Å². The molecule has 0 aromatic carbocycles. The molecule has 0 saturated heterocycles. The highest BCUT2D eigenvalue weighted by Gasteiger charge is 2.26. The Morgan fingerprint density at radius 2 is 1.88 bits per heavy atom. The minimum absolute atomic E-state index is 0.0441. The van der Waals surface area contributed by atoms with Crippen molar-refractivity contribution in [1.82, 2.24) is 10.2 Å². The van der Waals surface area contributed by atoms with Crippen LogP contribution in [0.4, 0.5) is 0 Å². The van der Waals surface area contributed by atoms with Gasteiger partial charge in [0.25, 0.3) is 0 Å². The van der Waals surface area contributed by atoms with E-state index >= 15 is 0 Å². The fourth-order valence-electron chi connectivity index (χ4n) is 1.27. The van der Waals surface area contributed by atoms with Crippen LogP contribution >= 0.6 is 0 Å². The maximum Gasteiger partial charge on any atom is 0.237 e. The normalized spacial score (nSPS) is 13.9. The van der Waals surface area contributed by atoms with Gasteiger partial charge < -0.3 is 16.0 Å². The van der Waals surface area contributed by atoms with Crippen LogP contribution in [0, 0.1) is 5.41 Å². The Labute approximate surface area is 99.6 Å². The molecular formula is C12H27N3O. The lowest BCUT2D eigenvalue weighted by Crippen LogP contribution is -2.48. The highest BCUT2D eigenvalue weighted by Crippen LogP contribution is 2.16. The van der Waals surface area contributed by atoms with Crippen molar-refractivity contribution in [2.75, 3.05) is 27.2 Å². The van der Waals surface area contributed by atoms with Gasteiger partial charge in [0.05, 0.1) is 6.04 Å². The SMILES string of the molecule is CN(C)CCCCNC(=O)C(N)C(C)(C)C. The first-order valence-electron chi connectivity index (χ1n) is 5.93. The predicted molar refractivity (Wildman–Crippen MR) is 68.2 cm³/mol. The molecule has 16 heavy (non-hydrogen) atoms. The van der Waals surface area contributed by atoms with E-state index in [2.05, 4.69) is 10.2 Å². The highest BCUT2D eigenvalue weighted by atomic mass is 16.2. The number of nitrogens with two attached hydrogens (primary N) is 1. The van der Waals surface area contributed by atoms with Gasteiger partial charge in [-0.2, -0.15) is 0 Å². The second kappa shape index (κ2) is 6.86. The largest absolute Gasteiger partial charge is 0.355 e. The molecule has 0 aliphatic carbocycles. The third kappa shape index (κ3) is 6.80. The van der Waals surface area contributed by atoms with Crippen LogP contribution in [0.3, 0.4) is 0 Å². The quantitative estimate of drug-likeness (QED) is 0.663. The monoisotopic (exact) mass is 229 g/mol. The van der Waals surface area contributed by atoms with E-state index in [-0.39, 0.29) is 11.3 Å². The summed E-state index contributed by atoms with van der Waals surface area (Å²) in [5.74, 6) is -0.0441. The Bertz CT molecular complexity index is 209. The zero-order valence-corrected chi connectivity index (χ0v) is 11.3. The third-order valence-electron chi connectivity index (χ3n) is 2.55. The van der Waals surface area contributed by atoms with Crippen LogP contribution in [0.1, 0.15) is 33.6 Å². The first-order chi connectivity index (χ1) is 7.25. The number of carbonyl (C=O) groups is 1. The lowest BCUT2D eigenvalue weighted by molar-refractivity contribution is -0.124. The van der Waals surface area contributed by atoms with Crippen LogP contribution < -0.4 is 11.1 Å². The Kier molecular flexibility index (Phi) is 6.60. The van der Waals surface area contributed by atoms with Gasteiger partial charge in [-0.1, -0.05) is 20.8 Å². The van der Waals surface area contributed by atoms with E-state index in [0.29, 0.717) is 0 Å². The van der Waals surface area contributed by atoms with Gasteiger partial charge in [0.1, 0.15) is 0 Å². The van der Waals surface area contributed by atoms with E-state index in [9.17, 15) is 4.79 Å². The minimum Gasteiger partial charge on any atom is -0.355 e. The first-order valence-corrected chi connectivity index (χ1v) is 5.93. The standard InChI is InChI=1S/C12H27N3O/c1-12(2,3)10(13)11(16)14-8-6-7-9-15(4)5/h10H,6-9,13H2,1-5H3,(H,14,16). The van der Waals surface area contributed by atoms with E-state index in [4.69, 9.17) is 5.73 Å². The van der Waals surface area contributed by atoms with E-state index in [1.165, 1.54) is 0 Å². The molecule has 1 unspecified atom stereocenters. The molecule has 0 radical (unpaired) electrons. The molecule has 0 heterocycles. The van der Waals surface area contributed by atoms with Crippen LogP contribution in [0.2, 0.25) is 0 Å². The highest BCUT2D eigenvalue weighted by molar-refractivity contribution is 5.82. The van der Waals surface area contributed by atoms with E-state index in [1.54, 1.807) is 0 Å². The van der Waals surface area contributed by atoms with Crippen molar-refractivity contribution >= 4 is 5.91 Å². The van der Waals surface area contributed by atoms with Gasteiger partial charge in [-0.3, -0.25) is 4.79 Å². The average molecular weight is 229 g/mol. The molecule has 0 aromatic heterocycles. The number of nitrogens with zero attached hydrogens (tertiary/aromatic N) is 1. The van der Waals surface area contributed by atoms with Gasteiger partial charge in [-0.25, -0.2) is 0 Å². The average Bonchev–Trinajstić information content (AvgIpc) is 2.13. The number of carbonyl (C=O) groups excluding carboxylic acids is 1. The first kappa shape index (κ1) is 15.4. The van der Waals surface area contributed by atoms with Gasteiger partial charge in [-0.05, 0) is 38.9 Å². The van der Waals surface area contributed by atoms with E-state index in [1.807, 2.05) is 34.9 Å². The van der Waals surface area contributed by atoms with E-state index in [0.717, 1.165) is 25.9 Å². The fourth-order valence-corrected chi connectivity index (χ4v) is 1.27. The van der Waals surface area contributed by atoms with Gasteiger partial charge in [0.2, 0.25) is 5.91 Å². The summed E-state index contributed by atoms with van der Waals surface area (Å²) in [6.45, 7) is 7.70. The Morgan fingerprint density at radius 1 is 1.31 bits per heavy atom. The number of hydrogen-bond acceptors (Lipinski definition) is 3. The van der Waals surface area contributed by atoms with Crippen LogP contribution in [-0.2, 0) is 4.79 Å². The molecule has 1 amide bonds. The van der Waals surface area contributed by atoms with E-state index < -0.39 is 6.04 Å². The van der Waals surface area contributed by atoms with Crippen molar-refractivity contribution in [3.8, 4) is 0 Å². The zero-order chi connectivity index (χ0) is 12.8. The van der Waals surface area contributed by atoms with Crippen molar-refractivity contribution in [3.05, 3.63) is 0 Å². The lowest BCUT2D eigenvalue weighted by Gasteiger charge is -2.25. The molecule has 0 rings (SSSR count). The second-order valence-corrected chi connectivity index (χ2v) is 5.65. The molecule has 0 spiro atoms. The summed E-state index contributed by atoms with van der Waals surface area (Å²) in [6, 6.07) is -0.429. The molecule has 1 atom stereocenters. The maximum atomic E-state index is 11.6. The molecular weight excluding hydrogens is 202 g/mol. The number of unbranched alkanes of at least 4 members (excludes halogenated alkanes) is 1. The topological polar surface area (TPSA) is 58.4 Å². The molecule has 0 aliphatic heterocycles. The van der Waals surface area contributed by atoms with Crippen LogP contribution in [0.15, 0.2) is 0 Å². The number of amides is 1. The van der Waals surface area contributed by atoms with Crippen molar-refractivity contribution in [2.24, 2.45) is 11.1 Å². The minimum atomic E-state index is -0.429. The molecule has 4 heteroatoms. The van der Waals surface area contributed by atoms with Crippen LogP contribution in [-0.4, -0.2) is 44.0 Å². The van der Waals surface area contributed by atoms with Crippen molar-refractivity contribution < 1.29 is 4.79 Å². The summed E-state index contributed by atoms with van der Waals surface area (Å²) in [6.07, 6.45) is 2.10. The lowest BCUT2D eigenvalue weighted by atomic mass is 9.87. The Hall–Kier alpha value is -0.610. The van der Waals surface area contributed by atoms with Crippen LogP contribution in [0.25, 0.3) is 0 Å². The zero-order valence-electron chi connectivity index (χ0n) is 11.3. The van der Waals surface area contributed by atoms with Crippen molar-refractivity contribution in [2.45, 2.75) is 39.7 Å². The second-order valence-electron chi connectivity index (χ2n) is 5.65. The van der Waals surface area contributed by atoms with Gasteiger partial charge in [0, 0.05) is 6.54 Å². The summed E-state index contributed by atoms with van der Waals surface area (Å²) < 4.78 is 0. The number of rotatable bonds is 6.